The molecule has 2 nitrogen and oxygen atoms in total. The molecule has 1 aromatic carbocycles. The van der Waals surface area contributed by atoms with Crippen LogP contribution in [0.25, 0.3) is 0 Å². The number of hydrogen-bond acceptors (Lipinski definition) is 2. The van der Waals surface area contributed by atoms with E-state index in [0.717, 1.165) is 10.0 Å². The van der Waals surface area contributed by atoms with Gasteiger partial charge in [-0.15, -0.1) is 0 Å². The molecule has 0 aliphatic carbocycles. The molecule has 1 unspecified atom stereocenters. The highest BCUT2D eigenvalue weighted by atomic mass is 79.9. The molecule has 0 aliphatic rings. The Hall–Kier alpha value is -0.850. The SMILES string of the molecule is CC(CO)c1ccc(C#N)c(Br)c1. The number of benzene rings is 1. The van der Waals surface area contributed by atoms with Crippen LogP contribution < -0.4 is 0 Å². The first-order valence-corrected chi connectivity index (χ1v) is 4.78. The van der Waals surface area contributed by atoms with Crippen LogP contribution in [0.4, 0.5) is 0 Å². The van der Waals surface area contributed by atoms with Crippen molar-refractivity contribution < 1.29 is 5.11 Å². The zero-order valence-corrected chi connectivity index (χ0v) is 8.87. The molecule has 68 valence electrons. The highest BCUT2D eigenvalue weighted by Crippen LogP contribution is 2.22. The first-order valence-electron chi connectivity index (χ1n) is 3.99. The lowest BCUT2D eigenvalue weighted by atomic mass is 10.0. The zero-order chi connectivity index (χ0) is 9.84. The lowest BCUT2D eigenvalue weighted by molar-refractivity contribution is 0.273. The van der Waals surface area contributed by atoms with Crippen molar-refractivity contribution in [3.05, 3.63) is 33.8 Å². The molecule has 0 spiro atoms. The third kappa shape index (κ3) is 2.30. The Morgan fingerprint density at radius 2 is 2.31 bits per heavy atom. The molecule has 13 heavy (non-hydrogen) atoms. The largest absolute Gasteiger partial charge is 0.396 e. The molecule has 0 saturated carbocycles. The summed E-state index contributed by atoms with van der Waals surface area (Å²) in [5, 5.41) is 17.6. The van der Waals surface area contributed by atoms with Gasteiger partial charge in [-0.05, 0) is 33.6 Å². The van der Waals surface area contributed by atoms with E-state index in [0.29, 0.717) is 5.56 Å². The van der Waals surface area contributed by atoms with Crippen LogP contribution in [-0.4, -0.2) is 11.7 Å². The summed E-state index contributed by atoms with van der Waals surface area (Å²) in [6, 6.07) is 7.57. The quantitative estimate of drug-likeness (QED) is 0.862. The van der Waals surface area contributed by atoms with Crippen LogP contribution in [0.5, 0.6) is 0 Å². The minimum atomic E-state index is 0.115. The monoisotopic (exact) mass is 239 g/mol. The van der Waals surface area contributed by atoms with Crippen molar-refractivity contribution in [1.82, 2.24) is 0 Å². The Morgan fingerprint density at radius 1 is 1.62 bits per heavy atom. The van der Waals surface area contributed by atoms with Crippen LogP contribution in [0.15, 0.2) is 22.7 Å². The molecule has 1 N–H and O–H groups in total. The van der Waals surface area contributed by atoms with Gasteiger partial charge < -0.3 is 5.11 Å². The highest BCUT2D eigenvalue weighted by Gasteiger charge is 2.06. The lowest BCUT2D eigenvalue weighted by Crippen LogP contribution is -1.98. The highest BCUT2D eigenvalue weighted by molar-refractivity contribution is 9.10. The first-order chi connectivity index (χ1) is 6.19. The molecule has 0 amide bonds. The van der Waals surface area contributed by atoms with Crippen molar-refractivity contribution in [1.29, 1.82) is 5.26 Å². The van der Waals surface area contributed by atoms with Crippen LogP contribution in [0.3, 0.4) is 0 Å². The van der Waals surface area contributed by atoms with E-state index in [-0.39, 0.29) is 12.5 Å². The van der Waals surface area contributed by atoms with E-state index >= 15 is 0 Å². The summed E-state index contributed by atoms with van der Waals surface area (Å²) in [5.74, 6) is 0.115. The van der Waals surface area contributed by atoms with Crippen molar-refractivity contribution in [2.75, 3.05) is 6.61 Å². The molecular weight excluding hydrogens is 230 g/mol. The Bertz CT molecular complexity index is 343. The summed E-state index contributed by atoms with van der Waals surface area (Å²) in [6.45, 7) is 2.06. The molecular formula is C10H10BrNO. The van der Waals surface area contributed by atoms with Crippen molar-refractivity contribution in [3.8, 4) is 6.07 Å². The number of nitrogens with zero attached hydrogens (tertiary/aromatic N) is 1. The van der Waals surface area contributed by atoms with Gasteiger partial charge in [-0.25, -0.2) is 0 Å². The molecule has 1 rings (SSSR count). The van der Waals surface area contributed by atoms with Crippen molar-refractivity contribution in [2.45, 2.75) is 12.8 Å². The Labute approximate surface area is 85.9 Å². The summed E-state index contributed by atoms with van der Waals surface area (Å²) in [6.07, 6.45) is 0. The summed E-state index contributed by atoms with van der Waals surface area (Å²) >= 11 is 3.30. The normalized spacial score (nSPS) is 12.2. The molecule has 1 aromatic rings. The minimum absolute atomic E-state index is 0.115. The van der Waals surface area contributed by atoms with Crippen molar-refractivity contribution in [2.24, 2.45) is 0 Å². The molecule has 0 saturated heterocycles. The summed E-state index contributed by atoms with van der Waals surface area (Å²) in [7, 11) is 0. The van der Waals surface area contributed by atoms with Gasteiger partial charge in [-0.3, -0.25) is 0 Å². The van der Waals surface area contributed by atoms with Crippen LogP contribution >= 0.6 is 15.9 Å². The first kappa shape index (κ1) is 10.2. The molecule has 0 fully saturated rings. The Kier molecular flexibility index (Phi) is 3.47. The van der Waals surface area contributed by atoms with Gasteiger partial charge in [0.15, 0.2) is 0 Å². The van der Waals surface area contributed by atoms with E-state index in [4.69, 9.17) is 10.4 Å². The van der Waals surface area contributed by atoms with Crippen LogP contribution in [0.2, 0.25) is 0 Å². The van der Waals surface area contributed by atoms with E-state index in [1.165, 1.54) is 0 Å². The van der Waals surface area contributed by atoms with Gasteiger partial charge in [0, 0.05) is 17.0 Å². The van der Waals surface area contributed by atoms with Gasteiger partial charge in [-0.2, -0.15) is 5.26 Å². The van der Waals surface area contributed by atoms with Crippen LogP contribution in [0, 0.1) is 11.3 Å². The topological polar surface area (TPSA) is 44.0 Å². The predicted molar refractivity (Wildman–Crippen MR) is 54.4 cm³/mol. The van der Waals surface area contributed by atoms with E-state index in [9.17, 15) is 0 Å². The van der Waals surface area contributed by atoms with E-state index in [1.54, 1.807) is 6.07 Å². The summed E-state index contributed by atoms with van der Waals surface area (Å²) < 4.78 is 0.785. The fourth-order valence-electron chi connectivity index (χ4n) is 1.03. The standard InChI is InChI=1S/C10H10BrNO/c1-7(6-13)8-2-3-9(5-12)10(11)4-8/h2-4,7,13H,6H2,1H3. The van der Waals surface area contributed by atoms with Gasteiger partial charge >= 0.3 is 0 Å². The van der Waals surface area contributed by atoms with Gasteiger partial charge in [0.25, 0.3) is 0 Å². The van der Waals surface area contributed by atoms with Crippen molar-refractivity contribution in [3.63, 3.8) is 0 Å². The fourth-order valence-corrected chi connectivity index (χ4v) is 1.52. The molecule has 0 heterocycles. The Balaban J connectivity index is 3.04. The summed E-state index contributed by atoms with van der Waals surface area (Å²) in [4.78, 5) is 0. The van der Waals surface area contributed by atoms with Gasteiger partial charge in [0.05, 0.1) is 5.56 Å². The number of aliphatic hydroxyl groups is 1. The van der Waals surface area contributed by atoms with E-state index < -0.39 is 0 Å². The predicted octanol–water partition coefficient (Wildman–Crippen LogP) is 2.42. The number of nitriles is 1. The van der Waals surface area contributed by atoms with Gasteiger partial charge in [0.2, 0.25) is 0 Å². The fraction of sp³-hybridized carbons (Fsp3) is 0.300. The van der Waals surface area contributed by atoms with Gasteiger partial charge in [0.1, 0.15) is 6.07 Å². The third-order valence-electron chi connectivity index (χ3n) is 1.96. The molecule has 0 radical (unpaired) electrons. The third-order valence-corrected chi connectivity index (χ3v) is 2.61. The maximum absolute atomic E-state index is 8.93. The average molecular weight is 240 g/mol. The smallest absolute Gasteiger partial charge is 0.100 e. The second-order valence-corrected chi connectivity index (χ2v) is 3.79. The lowest BCUT2D eigenvalue weighted by Gasteiger charge is -2.08. The van der Waals surface area contributed by atoms with Crippen molar-refractivity contribution >= 4 is 15.9 Å². The van der Waals surface area contributed by atoms with E-state index in [1.807, 2.05) is 19.1 Å². The average Bonchev–Trinajstić information content (AvgIpc) is 2.16. The maximum atomic E-state index is 8.93. The van der Waals surface area contributed by atoms with E-state index in [2.05, 4.69) is 22.0 Å². The zero-order valence-electron chi connectivity index (χ0n) is 7.29. The molecule has 0 bridgehead atoms. The Morgan fingerprint density at radius 3 is 2.77 bits per heavy atom. The van der Waals surface area contributed by atoms with Crippen LogP contribution in [-0.2, 0) is 0 Å². The number of hydrogen-bond donors (Lipinski definition) is 1. The molecule has 3 heteroatoms. The van der Waals surface area contributed by atoms with Gasteiger partial charge in [-0.1, -0.05) is 13.0 Å². The summed E-state index contributed by atoms with van der Waals surface area (Å²) in [5.41, 5.74) is 1.65. The molecule has 0 aliphatic heterocycles. The number of halogens is 1. The number of aliphatic hydroxyl groups excluding tert-OH is 1. The molecule has 1 atom stereocenters. The number of rotatable bonds is 2. The second-order valence-electron chi connectivity index (χ2n) is 2.93. The van der Waals surface area contributed by atoms with Crippen LogP contribution in [0.1, 0.15) is 24.0 Å². The maximum Gasteiger partial charge on any atom is 0.100 e. The second kappa shape index (κ2) is 4.40. The molecule has 0 aromatic heterocycles. The minimum Gasteiger partial charge on any atom is -0.396 e.